The zero-order valence-electron chi connectivity index (χ0n) is 10.6. The van der Waals surface area contributed by atoms with Gasteiger partial charge in [-0.3, -0.25) is 0 Å². The molecular weight excluding hydrogens is 281 g/mol. The van der Waals surface area contributed by atoms with E-state index >= 15 is 0 Å². The first-order valence-electron chi connectivity index (χ1n) is 6.54. The molecule has 1 aromatic carbocycles. The molecule has 1 saturated heterocycles. The summed E-state index contributed by atoms with van der Waals surface area (Å²) in [6.45, 7) is 1.64. The zero-order valence-corrected chi connectivity index (χ0v) is 12.1. The third-order valence-electron chi connectivity index (χ3n) is 4.59. The van der Waals surface area contributed by atoms with Gasteiger partial charge in [-0.15, -0.1) is 0 Å². The number of ether oxygens (including phenoxy) is 1. The second kappa shape index (κ2) is 4.66. The number of hydrogen-bond donors (Lipinski definition) is 0. The van der Waals surface area contributed by atoms with Crippen molar-refractivity contribution < 1.29 is 4.74 Å². The molecule has 1 aromatic rings. The Kier molecular flexibility index (Phi) is 3.25. The predicted octanol–water partition coefficient (Wildman–Crippen LogP) is 4.35. The van der Waals surface area contributed by atoms with E-state index in [-0.39, 0.29) is 5.41 Å². The van der Waals surface area contributed by atoms with Gasteiger partial charge < -0.3 is 4.74 Å². The normalized spacial score (nSPS) is 23.6. The van der Waals surface area contributed by atoms with Gasteiger partial charge in [-0.25, -0.2) is 0 Å². The van der Waals surface area contributed by atoms with Crippen LogP contribution in [0.25, 0.3) is 0 Å². The molecule has 2 nitrogen and oxygen atoms in total. The maximum Gasteiger partial charge on any atom is 0.0833 e. The Balaban J connectivity index is 1.86. The van der Waals surface area contributed by atoms with Crippen LogP contribution in [0, 0.1) is 16.7 Å². The van der Waals surface area contributed by atoms with E-state index < -0.39 is 0 Å². The summed E-state index contributed by atoms with van der Waals surface area (Å²) in [7, 11) is 0. The highest BCUT2D eigenvalue weighted by atomic mass is 35.5. The Morgan fingerprint density at radius 2 is 1.79 bits per heavy atom. The molecule has 1 aliphatic carbocycles. The average Bonchev–Trinajstić information content (AvgIpc) is 2.40. The highest BCUT2D eigenvalue weighted by Crippen LogP contribution is 2.60. The summed E-state index contributed by atoms with van der Waals surface area (Å²) in [6, 6.07) is 8.07. The van der Waals surface area contributed by atoms with Crippen LogP contribution in [0.3, 0.4) is 0 Å². The van der Waals surface area contributed by atoms with E-state index in [0.717, 1.165) is 44.5 Å². The summed E-state index contributed by atoms with van der Waals surface area (Å²) in [6.07, 6.45) is 3.96. The van der Waals surface area contributed by atoms with Crippen molar-refractivity contribution in [1.82, 2.24) is 0 Å². The molecular formula is C15H15Cl2NO. The summed E-state index contributed by atoms with van der Waals surface area (Å²) in [4.78, 5) is 0. The summed E-state index contributed by atoms with van der Waals surface area (Å²) in [5, 5.41) is 10.7. The van der Waals surface area contributed by atoms with E-state index in [0.29, 0.717) is 15.5 Å². The molecule has 2 aliphatic rings. The van der Waals surface area contributed by atoms with Gasteiger partial charge in [0.15, 0.2) is 0 Å². The average molecular weight is 296 g/mol. The minimum Gasteiger partial charge on any atom is -0.381 e. The van der Waals surface area contributed by atoms with Crippen LogP contribution >= 0.6 is 23.2 Å². The minimum absolute atomic E-state index is 0.306. The van der Waals surface area contributed by atoms with E-state index in [9.17, 15) is 5.26 Å². The molecule has 0 aromatic heterocycles. The fraction of sp³-hybridized carbons (Fsp3) is 0.533. The van der Waals surface area contributed by atoms with Crippen molar-refractivity contribution in [2.24, 2.45) is 5.41 Å². The largest absolute Gasteiger partial charge is 0.381 e. The lowest BCUT2D eigenvalue weighted by molar-refractivity contribution is -0.0578. The molecule has 19 heavy (non-hydrogen) atoms. The first-order valence-corrected chi connectivity index (χ1v) is 7.29. The van der Waals surface area contributed by atoms with E-state index in [1.54, 1.807) is 6.07 Å². The fourth-order valence-corrected chi connectivity index (χ4v) is 3.83. The van der Waals surface area contributed by atoms with Crippen LogP contribution in [-0.4, -0.2) is 13.2 Å². The highest BCUT2D eigenvalue weighted by molar-refractivity contribution is 6.42. The highest BCUT2D eigenvalue weighted by Gasteiger charge is 2.56. The smallest absolute Gasteiger partial charge is 0.0833 e. The minimum atomic E-state index is -0.383. The van der Waals surface area contributed by atoms with Gasteiger partial charge in [0.25, 0.3) is 0 Å². The van der Waals surface area contributed by atoms with Gasteiger partial charge >= 0.3 is 0 Å². The molecule has 100 valence electrons. The van der Waals surface area contributed by atoms with Crippen molar-refractivity contribution >= 4 is 23.2 Å². The van der Waals surface area contributed by atoms with Crippen LogP contribution < -0.4 is 0 Å². The molecule has 1 heterocycles. The Labute approximate surface area is 123 Å². The number of nitriles is 1. The van der Waals surface area contributed by atoms with Crippen molar-refractivity contribution in [3.8, 4) is 6.07 Å². The zero-order chi connectivity index (χ0) is 13.5. The summed E-state index contributed by atoms with van der Waals surface area (Å²) in [5.41, 5.74) is 0.924. The number of halogens is 2. The lowest BCUT2D eigenvalue weighted by Crippen LogP contribution is -2.51. The summed E-state index contributed by atoms with van der Waals surface area (Å²) in [5.74, 6) is 0. The molecule has 0 bridgehead atoms. The van der Waals surface area contributed by atoms with Crippen LogP contribution in [-0.2, 0) is 10.2 Å². The van der Waals surface area contributed by atoms with E-state index in [1.807, 2.05) is 12.1 Å². The predicted molar refractivity (Wildman–Crippen MR) is 75.5 cm³/mol. The van der Waals surface area contributed by atoms with Gasteiger partial charge in [0, 0.05) is 13.2 Å². The van der Waals surface area contributed by atoms with Crippen LogP contribution in [0.5, 0.6) is 0 Å². The third kappa shape index (κ3) is 2.14. The second-order valence-electron chi connectivity index (χ2n) is 5.79. The molecule has 1 aliphatic heterocycles. The fourth-order valence-electron chi connectivity index (χ4n) is 3.53. The Morgan fingerprint density at radius 3 is 2.37 bits per heavy atom. The maximum absolute atomic E-state index is 9.61. The van der Waals surface area contributed by atoms with Crippen molar-refractivity contribution in [3.63, 3.8) is 0 Å². The third-order valence-corrected chi connectivity index (χ3v) is 5.33. The molecule has 0 amide bonds. The first-order chi connectivity index (χ1) is 9.09. The molecule has 0 N–H and O–H groups in total. The Bertz CT molecular complexity index is 536. The van der Waals surface area contributed by atoms with Crippen molar-refractivity contribution in [3.05, 3.63) is 33.8 Å². The van der Waals surface area contributed by atoms with Crippen LogP contribution in [0.15, 0.2) is 18.2 Å². The number of nitrogens with zero attached hydrogens (tertiary/aromatic N) is 1. The number of hydrogen-bond acceptors (Lipinski definition) is 2. The van der Waals surface area contributed by atoms with Gasteiger partial charge in [-0.1, -0.05) is 29.3 Å². The quantitative estimate of drug-likeness (QED) is 0.772. The molecule has 1 saturated carbocycles. The van der Waals surface area contributed by atoms with Crippen LogP contribution in [0.1, 0.15) is 31.2 Å². The standard InChI is InChI=1S/C15H15Cl2NO/c16-12-2-1-11(7-13(12)17)15(10-18)8-14(9-15)3-5-19-6-4-14/h1-2,7H,3-6,8-9H2. The molecule has 0 atom stereocenters. The number of benzene rings is 1. The molecule has 0 unspecified atom stereocenters. The van der Waals surface area contributed by atoms with E-state index in [1.165, 1.54) is 0 Å². The van der Waals surface area contributed by atoms with E-state index in [2.05, 4.69) is 6.07 Å². The van der Waals surface area contributed by atoms with Gasteiger partial charge in [-0.05, 0) is 48.8 Å². The SMILES string of the molecule is N#CC1(c2ccc(Cl)c(Cl)c2)CC2(CCOCC2)C1. The molecule has 2 fully saturated rings. The second-order valence-corrected chi connectivity index (χ2v) is 6.60. The van der Waals surface area contributed by atoms with Gasteiger partial charge in [-0.2, -0.15) is 5.26 Å². The lowest BCUT2D eigenvalue weighted by atomic mass is 9.48. The maximum atomic E-state index is 9.61. The van der Waals surface area contributed by atoms with Crippen LogP contribution in [0.4, 0.5) is 0 Å². The van der Waals surface area contributed by atoms with Crippen molar-refractivity contribution in [2.75, 3.05) is 13.2 Å². The van der Waals surface area contributed by atoms with Crippen molar-refractivity contribution in [2.45, 2.75) is 31.1 Å². The summed E-state index contributed by atoms with van der Waals surface area (Å²) < 4.78 is 5.42. The molecule has 0 radical (unpaired) electrons. The molecule has 3 rings (SSSR count). The lowest BCUT2D eigenvalue weighted by Gasteiger charge is -2.55. The van der Waals surface area contributed by atoms with E-state index in [4.69, 9.17) is 27.9 Å². The Morgan fingerprint density at radius 1 is 1.11 bits per heavy atom. The van der Waals surface area contributed by atoms with Gasteiger partial charge in [0.05, 0.1) is 21.5 Å². The monoisotopic (exact) mass is 295 g/mol. The molecule has 1 spiro atoms. The van der Waals surface area contributed by atoms with Gasteiger partial charge in [0.1, 0.15) is 0 Å². The van der Waals surface area contributed by atoms with Crippen molar-refractivity contribution in [1.29, 1.82) is 5.26 Å². The molecule has 4 heteroatoms. The Hall–Kier alpha value is -0.750. The van der Waals surface area contributed by atoms with Gasteiger partial charge in [0.2, 0.25) is 0 Å². The summed E-state index contributed by atoms with van der Waals surface area (Å²) >= 11 is 12.0. The van der Waals surface area contributed by atoms with Crippen LogP contribution in [0.2, 0.25) is 10.0 Å². The first kappa shape index (κ1) is 13.2. The topological polar surface area (TPSA) is 33.0 Å². The number of rotatable bonds is 1.